The fraction of sp³-hybridized carbons (Fsp3) is 0.0952. The summed E-state index contributed by atoms with van der Waals surface area (Å²) in [6.07, 6.45) is 0. The van der Waals surface area contributed by atoms with E-state index in [9.17, 15) is 13.2 Å². The van der Waals surface area contributed by atoms with Gasteiger partial charge in [-0.1, -0.05) is 29.8 Å². The van der Waals surface area contributed by atoms with Crippen LogP contribution in [0.15, 0.2) is 77.7 Å². The second-order valence-corrected chi connectivity index (χ2v) is 9.01. The van der Waals surface area contributed by atoms with E-state index in [0.717, 1.165) is 15.7 Å². The summed E-state index contributed by atoms with van der Waals surface area (Å²) in [6, 6.07) is 20.9. The lowest BCUT2D eigenvalue weighted by molar-refractivity contribution is 0.102. The molecule has 0 saturated carbocycles. The maximum Gasteiger partial charge on any atom is 0.257 e. The second-order valence-electron chi connectivity index (χ2n) is 6.45. The molecule has 0 fully saturated rings. The molecule has 0 aromatic heterocycles. The number of halogens is 1. The lowest BCUT2D eigenvalue weighted by Gasteiger charge is -2.13. The van der Waals surface area contributed by atoms with Crippen LogP contribution in [0.4, 0.5) is 17.1 Å². The smallest absolute Gasteiger partial charge is 0.257 e. The SMILES string of the molecule is CN(C)S(=O)(=O)c1ccc(Cl)c(C(=O)Nc2ccc(Nc3ccccc3)cc2)c1. The van der Waals surface area contributed by atoms with Crippen molar-refractivity contribution in [1.82, 2.24) is 4.31 Å². The monoisotopic (exact) mass is 429 g/mol. The van der Waals surface area contributed by atoms with E-state index < -0.39 is 15.9 Å². The van der Waals surface area contributed by atoms with Crippen molar-refractivity contribution in [3.63, 3.8) is 0 Å². The molecule has 0 bridgehead atoms. The Morgan fingerprint density at radius 2 is 1.45 bits per heavy atom. The van der Waals surface area contributed by atoms with Gasteiger partial charge in [-0.25, -0.2) is 12.7 Å². The lowest BCUT2D eigenvalue weighted by Crippen LogP contribution is -2.23. The molecule has 0 aliphatic carbocycles. The van der Waals surface area contributed by atoms with E-state index in [-0.39, 0.29) is 15.5 Å². The fourth-order valence-electron chi connectivity index (χ4n) is 2.57. The second kappa shape index (κ2) is 8.65. The normalized spacial score (nSPS) is 11.3. The molecule has 29 heavy (non-hydrogen) atoms. The van der Waals surface area contributed by atoms with Crippen molar-refractivity contribution in [2.24, 2.45) is 0 Å². The first kappa shape index (κ1) is 20.9. The van der Waals surface area contributed by atoms with Crippen LogP contribution in [-0.4, -0.2) is 32.7 Å². The Kier molecular flexibility index (Phi) is 6.22. The number of carbonyl (C=O) groups is 1. The summed E-state index contributed by atoms with van der Waals surface area (Å²) in [5, 5.41) is 6.16. The first-order chi connectivity index (χ1) is 13.8. The molecule has 0 atom stereocenters. The fourth-order valence-corrected chi connectivity index (χ4v) is 3.70. The zero-order chi connectivity index (χ0) is 21.0. The molecule has 8 heteroatoms. The van der Waals surface area contributed by atoms with E-state index in [1.807, 2.05) is 42.5 Å². The van der Waals surface area contributed by atoms with Crippen molar-refractivity contribution < 1.29 is 13.2 Å². The Morgan fingerprint density at radius 1 is 0.862 bits per heavy atom. The largest absolute Gasteiger partial charge is 0.356 e. The van der Waals surface area contributed by atoms with E-state index in [0.29, 0.717) is 5.69 Å². The van der Waals surface area contributed by atoms with Crippen molar-refractivity contribution in [2.45, 2.75) is 4.90 Å². The van der Waals surface area contributed by atoms with Crippen LogP contribution in [0.25, 0.3) is 0 Å². The molecule has 2 N–H and O–H groups in total. The lowest BCUT2D eigenvalue weighted by atomic mass is 10.2. The van der Waals surface area contributed by atoms with Gasteiger partial charge in [0.05, 0.1) is 15.5 Å². The van der Waals surface area contributed by atoms with Crippen molar-refractivity contribution in [3.05, 3.63) is 83.4 Å². The van der Waals surface area contributed by atoms with Crippen molar-refractivity contribution in [3.8, 4) is 0 Å². The average molecular weight is 430 g/mol. The molecule has 0 spiro atoms. The van der Waals surface area contributed by atoms with Crippen molar-refractivity contribution in [1.29, 1.82) is 0 Å². The third-order valence-corrected chi connectivity index (χ3v) is 6.31. The van der Waals surface area contributed by atoms with Gasteiger partial charge in [0.1, 0.15) is 0 Å². The van der Waals surface area contributed by atoms with E-state index in [4.69, 9.17) is 11.6 Å². The van der Waals surface area contributed by atoms with E-state index in [1.165, 1.54) is 32.3 Å². The molecule has 0 aliphatic heterocycles. The minimum absolute atomic E-state index is 0.000501. The molecule has 0 heterocycles. The number of carbonyl (C=O) groups excluding carboxylic acids is 1. The molecule has 0 saturated heterocycles. The Balaban J connectivity index is 1.76. The molecule has 6 nitrogen and oxygen atoms in total. The average Bonchev–Trinajstić information content (AvgIpc) is 2.70. The Morgan fingerprint density at radius 3 is 2.07 bits per heavy atom. The Bertz CT molecular complexity index is 1120. The van der Waals surface area contributed by atoms with Crippen LogP contribution in [0.3, 0.4) is 0 Å². The Hall–Kier alpha value is -2.87. The minimum Gasteiger partial charge on any atom is -0.356 e. The number of benzene rings is 3. The van der Waals surface area contributed by atoms with Crippen molar-refractivity contribution >= 4 is 44.6 Å². The minimum atomic E-state index is -3.67. The zero-order valence-electron chi connectivity index (χ0n) is 15.9. The number of hydrogen-bond acceptors (Lipinski definition) is 4. The first-order valence-electron chi connectivity index (χ1n) is 8.73. The van der Waals surface area contributed by atoms with Gasteiger partial charge < -0.3 is 10.6 Å². The van der Waals surface area contributed by atoms with Gasteiger partial charge in [-0.3, -0.25) is 4.79 Å². The van der Waals surface area contributed by atoms with Crippen LogP contribution in [-0.2, 0) is 10.0 Å². The summed E-state index contributed by atoms with van der Waals surface area (Å²) in [5.74, 6) is -0.491. The topological polar surface area (TPSA) is 78.5 Å². The number of amides is 1. The summed E-state index contributed by atoms with van der Waals surface area (Å²) < 4.78 is 25.7. The number of nitrogens with one attached hydrogen (secondary N) is 2. The predicted molar refractivity (Wildman–Crippen MR) is 116 cm³/mol. The number of hydrogen-bond donors (Lipinski definition) is 2. The molecule has 0 unspecified atom stereocenters. The molecule has 1 amide bonds. The molecule has 150 valence electrons. The summed E-state index contributed by atoms with van der Waals surface area (Å²) in [4.78, 5) is 12.6. The molecule has 3 aromatic rings. The molecular weight excluding hydrogens is 410 g/mol. The van der Waals surface area contributed by atoms with Gasteiger partial charge in [-0.05, 0) is 54.6 Å². The number of sulfonamides is 1. The van der Waals surface area contributed by atoms with Gasteiger partial charge >= 0.3 is 0 Å². The highest BCUT2D eigenvalue weighted by atomic mass is 35.5. The summed E-state index contributed by atoms with van der Waals surface area (Å²) in [5.41, 5.74) is 2.47. The highest BCUT2D eigenvalue weighted by Crippen LogP contribution is 2.24. The van der Waals surface area contributed by atoms with E-state index >= 15 is 0 Å². The summed E-state index contributed by atoms with van der Waals surface area (Å²) >= 11 is 6.12. The number of nitrogens with zero attached hydrogens (tertiary/aromatic N) is 1. The Labute approximate surface area is 175 Å². The summed E-state index contributed by atoms with van der Waals surface area (Å²) in [6.45, 7) is 0. The third-order valence-electron chi connectivity index (χ3n) is 4.17. The van der Waals surface area contributed by atoms with Crippen molar-refractivity contribution in [2.75, 3.05) is 24.7 Å². The maximum atomic E-state index is 12.6. The molecule has 3 aromatic carbocycles. The van der Waals surface area contributed by atoms with E-state index in [2.05, 4.69) is 10.6 Å². The van der Waals surface area contributed by atoms with Gasteiger partial charge in [0, 0.05) is 31.2 Å². The quantitative estimate of drug-likeness (QED) is 0.600. The molecule has 3 rings (SSSR count). The first-order valence-corrected chi connectivity index (χ1v) is 10.5. The molecule has 0 aliphatic rings. The van der Waals surface area contributed by atoms with Crippen LogP contribution < -0.4 is 10.6 Å². The highest BCUT2D eigenvalue weighted by molar-refractivity contribution is 7.89. The highest BCUT2D eigenvalue weighted by Gasteiger charge is 2.20. The van der Waals surface area contributed by atoms with Crippen LogP contribution in [0.5, 0.6) is 0 Å². The summed E-state index contributed by atoms with van der Waals surface area (Å²) in [7, 11) is -0.821. The zero-order valence-corrected chi connectivity index (χ0v) is 17.5. The van der Waals surface area contributed by atoms with Crippen LogP contribution >= 0.6 is 11.6 Å². The number of para-hydroxylation sites is 1. The number of rotatable bonds is 6. The van der Waals surface area contributed by atoms with Gasteiger partial charge in [0.15, 0.2) is 0 Å². The van der Waals surface area contributed by atoms with Gasteiger partial charge in [-0.15, -0.1) is 0 Å². The van der Waals surface area contributed by atoms with E-state index in [1.54, 1.807) is 12.1 Å². The van der Waals surface area contributed by atoms with Crippen LogP contribution in [0, 0.1) is 0 Å². The van der Waals surface area contributed by atoms with Crippen LogP contribution in [0.2, 0.25) is 5.02 Å². The van der Waals surface area contributed by atoms with Gasteiger partial charge in [0.25, 0.3) is 5.91 Å². The molecule has 0 radical (unpaired) electrons. The number of anilines is 3. The van der Waals surface area contributed by atoms with Crippen LogP contribution in [0.1, 0.15) is 10.4 Å². The predicted octanol–water partition coefficient (Wildman–Crippen LogP) is 4.59. The third kappa shape index (κ3) is 4.95. The molecular formula is C21H20ClN3O3S. The van der Waals surface area contributed by atoms with Gasteiger partial charge in [-0.2, -0.15) is 0 Å². The maximum absolute atomic E-state index is 12.6. The van der Waals surface area contributed by atoms with Gasteiger partial charge in [0.2, 0.25) is 10.0 Å². The standard InChI is InChI=1S/C21H20ClN3O3S/c1-25(2)29(27,28)18-12-13-20(22)19(14-18)21(26)24-17-10-8-16(9-11-17)23-15-6-4-3-5-7-15/h3-14,23H,1-2H3,(H,24,26).